The molecule has 0 radical (unpaired) electrons. The second-order valence-electron chi connectivity index (χ2n) is 5.71. The van der Waals surface area contributed by atoms with Crippen LogP contribution in [-0.4, -0.2) is 19.6 Å². The van der Waals surface area contributed by atoms with Crippen LogP contribution in [-0.2, 0) is 0 Å². The normalized spacial score (nSPS) is 18.6. The second-order valence-corrected chi connectivity index (χ2v) is 5.71. The topological polar surface area (TPSA) is 15.3 Å². The average Bonchev–Trinajstić information content (AvgIpc) is 2.48. The lowest BCUT2D eigenvalue weighted by Gasteiger charge is -2.33. The molecule has 1 atom stereocenters. The molecule has 0 aliphatic carbocycles. The minimum absolute atomic E-state index is 0.449. The Hall–Kier alpha value is -1.02. The first-order chi connectivity index (χ1) is 9.24. The highest BCUT2D eigenvalue weighted by Crippen LogP contribution is 2.26. The number of piperidine rings is 1. The van der Waals surface area contributed by atoms with Gasteiger partial charge in [0, 0.05) is 24.8 Å². The first kappa shape index (κ1) is 14.4. The van der Waals surface area contributed by atoms with Crippen LogP contribution in [0.5, 0.6) is 0 Å². The van der Waals surface area contributed by atoms with Gasteiger partial charge in [0.2, 0.25) is 0 Å². The van der Waals surface area contributed by atoms with Gasteiger partial charge in [-0.2, -0.15) is 0 Å². The van der Waals surface area contributed by atoms with Crippen molar-refractivity contribution in [3.63, 3.8) is 0 Å². The summed E-state index contributed by atoms with van der Waals surface area (Å²) in [6.07, 6.45) is 4.05. The summed E-state index contributed by atoms with van der Waals surface area (Å²) in [6, 6.07) is 9.57. The number of benzene rings is 1. The van der Waals surface area contributed by atoms with Gasteiger partial charge in [0.05, 0.1) is 0 Å². The maximum Gasteiger partial charge on any atom is 0.0366 e. The smallest absolute Gasteiger partial charge is 0.0366 e. The van der Waals surface area contributed by atoms with Crippen LogP contribution < -0.4 is 10.2 Å². The summed E-state index contributed by atoms with van der Waals surface area (Å²) in [5.74, 6) is 0.948. The highest BCUT2D eigenvalue weighted by Gasteiger charge is 2.17. The largest absolute Gasteiger partial charge is 0.372 e. The van der Waals surface area contributed by atoms with E-state index in [1.165, 1.54) is 43.6 Å². The van der Waals surface area contributed by atoms with Gasteiger partial charge in [-0.05, 0) is 49.9 Å². The van der Waals surface area contributed by atoms with E-state index >= 15 is 0 Å². The molecule has 1 aliphatic heterocycles. The zero-order valence-corrected chi connectivity index (χ0v) is 12.7. The molecule has 19 heavy (non-hydrogen) atoms. The van der Waals surface area contributed by atoms with E-state index < -0.39 is 0 Å². The third-order valence-corrected chi connectivity index (χ3v) is 4.46. The van der Waals surface area contributed by atoms with E-state index in [2.05, 4.69) is 55.3 Å². The fourth-order valence-corrected chi connectivity index (χ4v) is 3.00. The standard InChI is InChI=1S/C17H28N2/c1-4-15-10-12-19(13-11-15)17-8-6-16(7-9-17)14(3)18-5-2/h6-9,14-15,18H,4-5,10-13H2,1-3H3. The molecule has 2 rings (SSSR count). The van der Waals surface area contributed by atoms with Gasteiger partial charge in [0.25, 0.3) is 0 Å². The van der Waals surface area contributed by atoms with Crippen molar-refractivity contribution in [3.8, 4) is 0 Å². The first-order valence-electron chi connectivity index (χ1n) is 7.82. The van der Waals surface area contributed by atoms with Crippen molar-refractivity contribution in [2.45, 2.75) is 46.1 Å². The molecule has 2 nitrogen and oxygen atoms in total. The molecule has 0 saturated carbocycles. The molecule has 1 saturated heterocycles. The Balaban J connectivity index is 1.95. The SMILES string of the molecule is CCNC(C)c1ccc(N2CCC(CC)CC2)cc1. The van der Waals surface area contributed by atoms with Gasteiger partial charge >= 0.3 is 0 Å². The molecule has 1 heterocycles. The molecule has 1 aliphatic rings. The molecule has 106 valence electrons. The number of hydrogen-bond donors (Lipinski definition) is 1. The molecular formula is C17H28N2. The molecule has 1 N–H and O–H groups in total. The summed E-state index contributed by atoms with van der Waals surface area (Å²) in [6.45, 7) is 10.2. The highest BCUT2D eigenvalue weighted by atomic mass is 15.1. The van der Waals surface area contributed by atoms with Crippen LogP contribution in [0.15, 0.2) is 24.3 Å². The lowest BCUT2D eigenvalue weighted by Crippen LogP contribution is -2.33. The number of nitrogens with one attached hydrogen (secondary N) is 1. The van der Waals surface area contributed by atoms with Crippen molar-refractivity contribution >= 4 is 5.69 Å². The van der Waals surface area contributed by atoms with Crippen LogP contribution in [0.25, 0.3) is 0 Å². The maximum absolute atomic E-state index is 3.46. The number of nitrogens with zero attached hydrogens (tertiary/aromatic N) is 1. The Morgan fingerprint density at radius 2 is 1.79 bits per heavy atom. The van der Waals surface area contributed by atoms with Crippen molar-refractivity contribution in [2.24, 2.45) is 5.92 Å². The van der Waals surface area contributed by atoms with Crippen molar-refractivity contribution in [2.75, 3.05) is 24.5 Å². The van der Waals surface area contributed by atoms with Crippen LogP contribution in [0.4, 0.5) is 5.69 Å². The molecule has 0 bridgehead atoms. The third-order valence-electron chi connectivity index (χ3n) is 4.46. The Bertz CT molecular complexity index is 363. The lowest BCUT2D eigenvalue weighted by atomic mass is 9.94. The minimum atomic E-state index is 0.449. The summed E-state index contributed by atoms with van der Waals surface area (Å²) in [4.78, 5) is 2.54. The molecular weight excluding hydrogens is 232 g/mol. The van der Waals surface area contributed by atoms with Crippen molar-refractivity contribution in [1.29, 1.82) is 0 Å². The zero-order valence-electron chi connectivity index (χ0n) is 12.7. The van der Waals surface area contributed by atoms with Gasteiger partial charge in [-0.3, -0.25) is 0 Å². The lowest BCUT2D eigenvalue weighted by molar-refractivity contribution is 0.395. The molecule has 2 heteroatoms. The summed E-state index contributed by atoms with van der Waals surface area (Å²) in [5.41, 5.74) is 2.77. The monoisotopic (exact) mass is 260 g/mol. The van der Waals surface area contributed by atoms with E-state index in [1.807, 2.05) is 0 Å². The van der Waals surface area contributed by atoms with Crippen LogP contribution >= 0.6 is 0 Å². The molecule has 1 fully saturated rings. The van der Waals surface area contributed by atoms with Crippen molar-refractivity contribution in [3.05, 3.63) is 29.8 Å². The van der Waals surface area contributed by atoms with Crippen molar-refractivity contribution in [1.82, 2.24) is 5.32 Å². The van der Waals surface area contributed by atoms with Gasteiger partial charge in [-0.25, -0.2) is 0 Å². The van der Waals surface area contributed by atoms with Gasteiger partial charge in [-0.15, -0.1) is 0 Å². The quantitative estimate of drug-likeness (QED) is 0.861. The number of anilines is 1. The summed E-state index contributed by atoms with van der Waals surface area (Å²) in [5, 5.41) is 3.46. The second kappa shape index (κ2) is 6.95. The summed E-state index contributed by atoms with van der Waals surface area (Å²) in [7, 11) is 0. The Labute approximate surface area is 118 Å². The molecule has 1 unspecified atom stereocenters. The van der Waals surface area contributed by atoms with Crippen LogP contribution in [0.2, 0.25) is 0 Å². The van der Waals surface area contributed by atoms with Gasteiger partial charge < -0.3 is 10.2 Å². The maximum atomic E-state index is 3.46. The van der Waals surface area contributed by atoms with Crippen LogP contribution in [0, 0.1) is 5.92 Å². The third kappa shape index (κ3) is 3.73. The first-order valence-corrected chi connectivity index (χ1v) is 7.82. The average molecular weight is 260 g/mol. The molecule has 0 spiro atoms. The summed E-state index contributed by atoms with van der Waals surface area (Å²) < 4.78 is 0. The van der Waals surface area contributed by atoms with Crippen LogP contribution in [0.3, 0.4) is 0 Å². The van der Waals surface area contributed by atoms with E-state index in [1.54, 1.807) is 0 Å². The van der Waals surface area contributed by atoms with Crippen LogP contribution in [0.1, 0.15) is 51.6 Å². The zero-order chi connectivity index (χ0) is 13.7. The molecule has 1 aromatic carbocycles. The minimum Gasteiger partial charge on any atom is -0.372 e. The highest BCUT2D eigenvalue weighted by molar-refractivity contribution is 5.48. The fourth-order valence-electron chi connectivity index (χ4n) is 3.00. The van der Waals surface area contributed by atoms with E-state index in [9.17, 15) is 0 Å². The van der Waals surface area contributed by atoms with Gasteiger partial charge in [0.1, 0.15) is 0 Å². The predicted octanol–water partition coefficient (Wildman–Crippen LogP) is 3.98. The van der Waals surface area contributed by atoms with E-state index in [4.69, 9.17) is 0 Å². The van der Waals surface area contributed by atoms with Gasteiger partial charge in [0.15, 0.2) is 0 Å². The predicted molar refractivity (Wildman–Crippen MR) is 83.8 cm³/mol. The van der Waals surface area contributed by atoms with E-state index in [0.717, 1.165) is 12.5 Å². The van der Waals surface area contributed by atoms with Gasteiger partial charge in [-0.1, -0.05) is 32.4 Å². The number of rotatable bonds is 5. The van der Waals surface area contributed by atoms with E-state index in [0.29, 0.717) is 6.04 Å². The summed E-state index contributed by atoms with van der Waals surface area (Å²) >= 11 is 0. The Morgan fingerprint density at radius 3 is 2.32 bits per heavy atom. The molecule has 1 aromatic rings. The van der Waals surface area contributed by atoms with Crippen molar-refractivity contribution < 1.29 is 0 Å². The van der Waals surface area contributed by atoms with E-state index in [-0.39, 0.29) is 0 Å². The Kier molecular flexibility index (Phi) is 5.26. The fraction of sp³-hybridized carbons (Fsp3) is 0.647. The number of hydrogen-bond acceptors (Lipinski definition) is 2. The molecule has 0 aromatic heterocycles. The Morgan fingerprint density at radius 1 is 1.16 bits per heavy atom. The molecule has 0 amide bonds.